The molecular formula is C17H30N2. The van der Waals surface area contributed by atoms with E-state index in [4.69, 9.17) is 0 Å². The van der Waals surface area contributed by atoms with Gasteiger partial charge in [-0.05, 0) is 69.7 Å². The van der Waals surface area contributed by atoms with Crippen molar-refractivity contribution in [2.45, 2.75) is 75.9 Å². The van der Waals surface area contributed by atoms with E-state index in [9.17, 15) is 0 Å². The van der Waals surface area contributed by atoms with Crippen molar-refractivity contribution < 1.29 is 0 Å². The van der Waals surface area contributed by atoms with Gasteiger partial charge in [-0.3, -0.25) is 4.90 Å². The zero-order chi connectivity index (χ0) is 12.8. The van der Waals surface area contributed by atoms with Crippen LogP contribution in [0, 0.1) is 17.8 Å². The Morgan fingerprint density at radius 3 is 2.32 bits per heavy atom. The molecular weight excluding hydrogens is 232 g/mol. The second-order valence-electron chi connectivity index (χ2n) is 7.83. The molecule has 0 aromatic rings. The van der Waals surface area contributed by atoms with Crippen molar-refractivity contribution in [2.24, 2.45) is 17.8 Å². The van der Waals surface area contributed by atoms with Crippen LogP contribution in [-0.4, -0.2) is 36.6 Å². The summed E-state index contributed by atoms with van der Waals surface area (Å²) in [5.74, 6) is 3.28. The molecule has 0 radical (unpaired) electrons. The first-order valence-corrected chi connectivity index (χ1v) is 8.76. The summed E-state index contributed by atoms with van der Waals surface area (Å²) >= 11 is 0. The Hall–Kier alpha value is -0.0800. The van der Waals surface area contributed by atoms with Crippen molar-refractivity contribution in [1.82, 2.24) is 10.2 Å². The van der Waals surface area contributed by atoms with Gasteiger partial charge in [0.2, 0.25) is 0 Å². The van der Waals surface area contributed by atoms with Crippen LogP contribution in [0.3, 0.4) is 0 Å². The van der Waals surface area contributed by atoms with Crippen LogP contribution >= 0.6 is 0 Å². The fourth-order valence-electron chi connectivity index (χ4n) is 5.88. The number of fused-ring (bicyclic) bond motifs is 4. The highest BCUT2D eigenvalue weighted by molar-refractivity contribution is 4.98. The van der Waals surface area contributed by atoms with E-state index >= 15 is 0 Å². The highest BCUT2D eigenvalue weighted by Crippen LogP contribution is 2.49. The van der Waals surface area contributed by atoms with Crippen LogP contribution in [0.25, 0.3) is 0 Å². The molecule has 2 aliphatic heterocycles. The lowest BCUT2D eigenvalue weighted by Crippen LogP contribution is -2.57. The number of nitrogens with zero attached hydrogens (tertiary/aromatic N) is 1. The van der Waals surface area contributed by atoms with Gasteiger partial charge in [-0.2, -0.15) is 0 Å². The Morgan fingerprint density at radius 1 is 0.947 bits per heavy atom. The van der Waals surface area contributed by atoms with E-state index in [1.807, 2.05) is 0 Å². The van der Waals surface area contributed by atoms with Gasteiger partial charge in [0.15, 0.2) is 0 Å². The molecule has 2 aliphatic carbocycles. The second kappa shape index (κ2) is 5.04. The largest absolute Gasteiger partial charge is 0.317 e. The monoisotopic (exact) mass is 262 g/mol. The van der Waals surface area contributed by atoms with Gasteiger partial charge in [0.25, 0.3) is 0 Å². The summed E-state index contributed by atoms with van der Waals surface area (Å²) in [5.41, 5.74) is 0. The molecule has 5 atom stereocenters. The number of nitrogens with one attached hydrogen (secondary N) is 1. The van der Waals surface area contributed by atoms with Crippen molar-refractivity contribution >= 4 is 0 Å². The molecule has 2 heterocycles. The van der Waals surface area contributed by atoms with Crippen LogP contribution in [0.5, 0.6) is 0 Å². The highest BCUT2D eigenvalue weighted by Gasteiger charge is 2.44. The van der Waals surface area contributed by atoms with E-state index in [1.54, 1.807) is 25.7 Å². The second-order valence-corrected chi connectivity index (χ2v) is 7.83. The number of hydrogen-bond acceptors (Lipinski definition) is 2. The molecule has 4 fully saturated rings. The van der Waals surface area contributed by atoms with Gasteiger partial charge in [-0.25, -0.2) is 0 Å². The van der Waals surface area contributed by atoms with Crippen LogP contribution in [0.4, 0.5) is 0 Å². The van der Waals surface area contributed by atoms with Crippen LogP contribution in [0.2, 0.25) is 0 Å². The number of piperidine rings is 2. The van der Waals surface area contributed by atoms with Crippen molar-refractivity contribution in [3.05, 3.63) is 0 Å². The molecule has 4 aliphatic rings. The van der Waals surface area contributed by atoms with Crippen molar-refractivity contribution in [3.63, 3.8) is 0 Å². The van der Waals surface area contributed by atoms with Crippen LogP contribution in [-0.2, 0) is 0 Å². The molecule has 108 valence electrons. The summed E-state index contributed by atoms with van der Waals surface area (Å²) in [7, 11) is 2.16. The third kappa shape index (κ3) is 2.25. The van der Waals surface area contributed by atoms with Gasteiger partial charge in [0.1, 0.15) is 0 Å². The SMILES string of the molecule is CNC1CC2CCCC(C1)N2CC1CC2CCC1C2. The quantitative estimate of drug-likeness (QED) is 0.841. The lowest BCUT2D eigenvalue weighted by atomic mass is 9.79. The van der Waals surface area contributed by atoms with Crippen molar-refractivity contribution in [1.29, 1.82) is 0 Å². The summed E-state index contributed by atoms with van der Waals surface area (Å²) < 4.78 is 0. The van der Waals surface area contributed by atoms with E-state index in [2.05, 4.69) is 17.3 Å². The van der Waals surface area contributed by atoms with E-state index in [0.717, 1.165) is 35.9 Å². The molecule has 0 amide bonds. The lowest BCUT2D eigenvalue weighted by molar-refractivity contribution is 0.00664. The molecule has 2 saturated carbocycles. The normalized spacial score (nSPS) is 49.7. The van der Waals surface area contributed by atoms with E-state index in [-0.39, 0.29) is 0 Å². The number of hydrogen-bond donors (Lipinski definition) is 1. The van der Waals surface area contributed by atoms with Crippen LogP contribution < -0.4 is 5.32 Å². The Balaban J connectivity index is 1.43. The van der Waals surface area contributed by atoms with Gasteiger partial charge in [0.05, 0.1) is 0 Å². The Kier molecular flexibility index (Phi) is 3.35. The first kappa shape index (κ1) is 12.6. The van der Waals surface area contributed by atoms with Crippen molar-refractivity contribution in [2.75, 3.05) is 13.6 Å². The highest BCUT2D eigenvalue weighted by atomic mass is 15.2. The minimum Gasteiger partial charge on any atom is -0.317 e. The fraction of sp³-hybridized carbons (Fsp3) is 1.00. The first-order valence-electron chi connectivity index (χ1n) is 8.76. The third-order valence-corrected chi connectivity index (χ3v) is 6.86. The summed E-state index contributed by atoms with van der Waals surface area (Å²) in [4.78, 5) is 2.96. The fourth-order valence-corrected chi connectivity index (χ4v) is 5.88. The first-order chi connectivity index (χ1) is 9.33. The molecule has 2 heteroatoms. The zero-order valence-corrected chi connectivity index (χ0v) is 12.5. The maximum Gasteiger partial charge on any atom is 0.0113 e. The Labute approximate surface area is 118 Å². The molecule has 0 aromatic heterocycles. The average molecular weight is 262 g/mol. The third-order valence-electron chi connectivity index (χ3n) is 6.86. The molecule has 5 unspecified atom stereocenters. The van der Waals surface area contributed by atoms with Gasteiger partial charge in [0, 0.05) is 24.7 Å². The molecule has 4 rings (SSSR count). The minimum absolute atomic E-state index is 0.798. The van der Waals surface area contributed by atoms with Gasteiger partial charge in [-0.1, -0.05) is 12.8 Å². The molecule has 1 N–H and O–H groups in total. The van der Waals surface area contributed by atoms with E-state index in [1.165, 1.54) is 38.6 Å². The lowest BCUT2D eigenvalue weighted by Gasteiger charge is -2.50. The van der Waals surface area contributed by atoms with Gasteiger partial charge < -0.3 is 5.32 Å². The molecule has 2 nitrogen and oxygen atoms in total. The summed E-state index contributed by atoms with van der Waals surface area (Å²) in [6.45, 7) is 1.45. The smallest absolute Gasteiger partial charge is 0.0113 e. The topological polar surface area (TPSA) is 15.3 Å². The molecule has 4 bridgehead atoms. The molecule has 2 saturated heterocycles. The maximum absolute atomic E-state index is 3.55. The number of rotatable bonds is 3. The molecule has 19 heavy (non-hydrogen) atoms. The summed E-state index contributed by atoms with van der Waals surface area (Å²) in [5, 5.41) is 3.55. The zero-order valence-electron chi connectivity index (χ0n) is 12.5. The van der Waals surface area contributed by atoms with Crippen LogP contribution in [0.1, 0.15) is 57.8 Å². The standard InChI is InChI=1S/C17H30N2/c1-18-15-9-16-3-2-4-17(10-15)19(16)11-14-8-12-5-6-13(14)7-12/h12-18H,2-11H2,1H3. The maximum atomic E-state index is 3.55. The molecule has 0 aromatic carbocycles. The predicted molar refractivity (Wildman–Crippen MR) is 79.2 cm³/mol. The molecule has 0 spiro atoms. The van der Waals surface area contributed by atoms with Crippen LogP contribution in [0.15, 0.2) is 0 Å². The summed E-state index contributed by atoms with van der Waals surface area (Å²) in [6, 6.07) is 2.61. The van der Waals surface area contributed by atoms with E-state index < -0.39 is 0 Å². The summed E-state index contributed by atoms with van der Waals surface area (Å²) in [6.07, 6.45) is 13.5. The minimum atomic E-state index is 0.798. The Morgan fingerprint density at radius 2 is 1.74 bits per heavy atom. The van der Waals surface area contributed by atoms with Crippen molar-refractivity contribution in [3.8, 4) is 0 Å². The van der Waals surface area contributed by atoms with E-state index in [0.29, 0.717) is 0 Å². The van der Waals surface area contributed by atoms with Gasteiger partial charge >= 0.3 is 0 Å². The van der Waals surface area contributed by atoms with Gasteiger partial charge in [-0.15, -0.1) is 0 Å². The predicted octanol–water partition coefficient (Wildman–Crippen LogP) is 3.03. The Bertz CT molecular complexity index is 315. The average Bonchev–Trinajstić information content (AvgIpc) is 3.00.